The number of thioether (sulfide) groups is 1. The molecule has 1 atom stereocenters. The van der Waals surface area contributed by atoms with E-state index in [1.165, 1.54) is 18.5 Å². The quantitative estimate of drug-likeness (QED) is 0.245. The van der Waals surface area contributed by atoms with E-state index >= 15 is 0 Å². The van der Waals surface area contributed by atoms with E-state index in [0.717, 1.165) is 35.0 Å². The van der Waals surface area contributed by atoms with Crippen LogP contribution >= 0.6 is 35.0 Å². The second kappa shape index (κ2) is 13.5. The summed E-state index contributed by atoms with van der Waals surface area (Å²) < 4.78 is 0. The van der Waals surface area contributed by atoms with Gasteiger partial charge in [0.25, 0.3) is 0 Å². The van der Waals surface area contributed by atoms with Crippen LogP contribution in [0.3, 0.4) is 0 Å². The molecule has 2 fully saturated rings. The zero-order valence-corrected chi connectivity index (χ0v) is 26.2. The molecular weight excluding hydrogens is 577 g/mol. The maximum atomic E-state index is 13.9. The van der Waals surface area contributed by atoms with Gasteiger partial charge in [-0.05, 0) is 67.5 Å². The van der Waals surface area contributed by atoms with Crippen molar-refractivity contribution in [2.75, 3.05) is 34.5 Å². The highest BCUT2D eigenvalue weighted by Crippen LogP contribution is 2.41. The summed E-state index contributed by atoms with van der Waals surface area (Å²) in [5, 5.41) is 1.26. The summed E-state index contributed by atoms with van der Waals surface area (Å²) in [5.41, 5.74) is 4.00. The standard InChI is InChI=1S/C32H39Cl2N3O3S/c1-3-30(38)24(31(39)4-2)9-7-8-21-16-26(34)22(17-25(21)33)18-35-20-41-19-29(35)32(40)37-15-14-36(23-12-13-23)27-10-5-6-11-28(27)37/h5-6,10-11,16-17,23-24,29H,3-4,7-9,12-15,18-20H2,1-2H3/t29-/m0/s1. The average Bonchev–Trinajstić information content (AvgIpc) is 3.73. The molecule has 0 aromatic heterocycles. The average molecular weight is 617 g/mol. The fourth-order valence-electron chi connectivity index (χ4n) is 6.07. The summed E-state index contributed by atoms with van der Waals surface area (Å²) >= 11 is 15.2. The van der Waals surface area contributed by atoms with Crippen LogP contribution in [-0.4, -0.2) is 59.2 Å². The molecule has 0 spiro atoms. The topological polar surface area (TPSA) is 60.9 Å². The van der Waals surface area contributed by atoms with Gasteiger partial charge in [0.05, 0.1) is 23.3 Å². The van der Waals surface area contributed by atoms with Crippen LogP contribution in [0, 0.1) is 5.92 Å². The van der Waals surface area contributed by atoms with Gasteiger partial charge in [-0.25, -0.2) is 0 Å². The van der Waals surface area contributed by atoms with Gasteiger partial charge in [-0.3, -0.25) is 19.3 Å². The molecule has 0 N–H and O–H groups in total. The molecule has 1 aliphatic carbocycles. The predicted octanol–water partition coefficient (Wildman–Crippen LogP) is 6.78. The van der Waals surface area contributed by atoms with Gasteiger partial charge in [-0.2, -0.15) is 0 Å². The number of hydrogen-bond acceptors (Lipinski definition) is 6. The molecule has 1 amide bonds. The molecule has 2 heterocycles. The molecule has 6 nitrogen and oxygen atoms in total. The highest BCUT2D eigenvalue weighted by Gasteiger charge is 2.40. The lowest BCUT2D eigenvalue weighted by molar-refractivity contribution is -0.132. The van der Waals surface area contributed by atoms with Crippen LogP contribution < -0.4 is 9.80 Å². The molecule has 3 aliphatic rings. The summed E-state index contributed by atoms with van der Waals surface area (Å²) in [6.07, 6.45) is 5.08. The van der Waals surface area contributed by atoms with E-state index in [1.807, 2.05) is 23.1 Å². The molecule has 5 rings (SSSR count). The van der Waals surface area contributed by atoms with Crippen LogP contribution in [0.2, 0.25) is 10.0 Å². The Bertz CT molecular complexity index is 1280. The van der Waals surface area contributed by atoms with Crippen molar-refractivity contribution < 1.29 is 14.4 Å². The molecule has 41 heavy (non-hydrogen) atoms. The maximum Gasteiger partial charge on any atom is 0.245 e. The Kier molecular flexibility index (Phi) is 10.0. The lowest BCUT2D eigenvalue weighted by atomic mass is 9.89. The number of aryl methyl sites for hydroxylation is 1. The van der Waals surface area contributed by atoms with Gasteiger partial charge in [-0.1, -0.05) is 49.2 Å². The minimum absolute atomic E-state index is 0.0113. The monoisotopic (exact) mass is 615 g/mol. The van der Waals surface area contributed by atoms with Crippen LogP contribution in [0.15, 0.2) is 36.4 Å². The molecular formula is C32H39Cl2N3O3S. The van der Waals surface area contributed by atoms with Crippen LogP contribution in [0.1, 0.15) is 63.5 Å². The van der Waals surface area contributed by atoms with E-state index in [4.69, 9.17) is 23.2 Å². The molecule has 0 unspecified atom stereocenters. The number of benzene rings is 2. The lowest BCUT2D eigenvalue weighted by Gasteiger charge is -2.39. The number of nitrogens with zero attached hydrogens (tertiary/aromatic N) is 3. The number of Topliss-reactive ketones (excluding diaryl/α,β-unsaturated/α-hetero) is 2. The zero-order chi connectivity index (χ0) is 29.1. The predicted molar refractivity (Wildman–Crippen MR) is 169 cm³/mol. The number of para-hydroxylation sites is 2. The van der Waals surface area contributed by atoms with Gasteiger partial charge in [0.1, 0.15) is 11.6 Å². The van der Waals surface area contributed by atoms with Crippen molar-refractivity contribution in [2.45, 2.75) is 77.4 Å². The number of hydrogen-bond donors (Lipinski definition) is 0. The van der Waals surface area contributed by atoms with E-state index in [2.05, 4.69) is 28.0 Å². The normalized spacial score (nSPS) is 19.1. The van der Waals surface area contributed by atoms with Crippen molar-refractivity contribution in [1.29, 1.82) is 0 Å². The van der Waals surface area contributed by atoms with E-state index < -0.39 is 5.92 Å². The summed E-state index contributed by atoms with van der Waals surface area (Å²) in [7, 11) is 0. The number of carbonyl (C=O) groups is 3. The molecule has 0 radical (unpaired) electrons. The Morgan fingerprint density at radius 2 is 1.61 bits per heavy atom. The molecule has 1 saturated carbocycles. The van der Waals surface area contributed by atoms with Crippen molar-refractivity contribution in [3.8, 4) is 0 Å². The van der Waals surface area contributed by atoms with Crippen LogP contribution in [-0.2, 0) is 27.3 Å². The van der Waals surface area contributed by atoms with Gasteiger partial charge in [0.2, 0.25) is 5.91 Å². The first-order valence-corrected chi connectivity index (χ1v) is 16.7. The number of fused-ring (bicyclic) bond motifs is 1. The summed E-state index contributed by atoms with van der Waals surface area (Å²) in [6.45, 7) is 5.73. The molecule has 9 heteroatoms. The minimum Gasteiger partial charge on any atom is -0.365 e. The van der Waals surface area contributed by atoms with Crippen molar-refractivity contribution in [1.82, 2.24) is 4.90 Å². The largest absolute Gasteiger partial charge is 0.365 e. The SMILES string of the molecule is CCC(=O)C(CCCc1cc(Cl)c(CN2CSC[C@H]2C(=O)N2CCN(C3CC3)c3ccccc32)cc1Cl)C(=O)CC. The van der Waals surface area contributed by atoms with E-state index in [9.17, 15) is 14.4 Å². The van der Waals surface area contributed by atoms with Gasteiger partial charge in [0.15, 0.2) is 0 Å². The van der Waals surface area contributed by atoms with E-state index in [0.29, 0.717) is 61.3 Å². The summed E-state index contributed by atoms with van der Waals surface area (Å²) in [4.78, 5) is 45.1. The van der Waals surface area contributed by atoms with Gasteiger partial charge in [0, 0.05) is 60.2 Å². The maximum absolute atomic E-state index is 13.9. The summed E-state index contributed by atoms with van der Waals surface area (Å²) in [5.74, 6) is 1.16. The lowest BCUT2D eigenvalue weighted by Crippen LogP contribution is -2.52. The van der Waals surface area contributed by atoms with Crippen LogP contribution in [0.5, 0.6) is 0 Å². The molecule has 2 aromatic rings. The number of rotatable bonds is 12. The number of anilines is 2. The van der Waals surface area contributed by atoms with Gasteiger partial charge < -0.3 is 9.80 Å². The first kappa shape index (κ1) is 30.4. The molecule has 1 saturated heterocycles. The second-order valence-corrected chi connectivity index (χ2v) is 13.1. The summed E-state index contributed by atoms with van der Waals surface area (Å²) in [6, 6.07) is 12.5. The molecule has 2 aliphatic heterocycles. The van der Waals surface area contributed by atoms with Gasteiger partial charge >= 0.3 is 0 Å². The first-order chi connectivity index (χ1) is 19.8. The second-order valence-electron chi connectivity index (χ2n) is 11.3. The van der Waals surface area contributed by atoms with E-state index in [-0.39, 0.29) is 23.5 Å². The van der Waals surface area contributed by atoms with Crippen molar-refractivity contribution >= 4 is 63.8 Å². The Hall–Kier alpha value is -2.06. The Labute approximate surface area is 257 Å². The van der Waals surface area contributed by atoms with Crippen LogP contribution in [0.4, 0.5) is 11.4 Å². The third-order valence-electron chi connectivity index (χ3n) is 8.56. The Morgan fingerprint density at radius 1 is 0.951 bits per heavy atom. The number of halogens is 2. The number of carbonyl (C=O) groups excluding carboxylic acids is 3. The first-order valence-electron chi connectivity index (χ1n) is 14.8. The fourth-order valence-corrected chi connectivity index (χ4v) is 7.78. The van der Waals surface area contributed by atoms with Crippen molar-refractivity contribution in [3.63, 3.8) is 0 Å². The smallest absolute Gasteiger partial charge is 0.245 e. The van der Waals surface area contributed by atoms with Gasteiger partial charge in [-0.15, -0.1) is 11.8 Å². The highest BCUT2D eigenvalue weighted by atomic mass is 35.5. The highest BCUT2D eigenvalue weighted by molar-refractivity contribution is 7.99. The number of amides is 1. The molecule has 2 aromatic carbocycles. The Morgan fingerprint density at radius 3 is 2.29 bits per heavy atom. The van der Waals surface area contributed by atoms with Crippen molar-refractivity contribution in [2.24, 2.45) is 5.92 Å². The third kappa shape index (κ3) is 6.79. The molecule has 0 bridgehead atoms. The number of ketones is 2. The Balaban J connectivity index is 1.24. The van der Waals surface area contributed by atoms with E-state index in [1.54, 1.807) is 25.6 Å². The fraction of sp³-hybridized carbons (Fsp3) is 0.531. The third-order valence-corrected chi connectivity index (χ3v) is 10.3. The zero-order valence-electron chi connectivity index (χ0n) is 23.9. The molecule has 220 valence electrons. The van der Waals surface area contributed by atoms with Crippen LogP contribution in [0.25, 0.3) is 0 Å². The minimum atomic E-state index is -0.524. The van der Waals surface area contributed by atoms with Crippen molar-refractivity contribution in [3.05, 3.63) is 57.6 Å².